The van der Waals surface area contributed by atoms with Crippen molar-refractivity contribution in [3.63, 3.8) is 0 Å². The Morgan fingerprint density at radius 2 is 1.55 bits per heavy atom. The highest BCUT2D eigenvalue weighted by atomic mass is 32.2. The third-order valence-corrected chi connectivity index (χ3v) is 17.9. The highest BCUT2D eigenvalue weighted by Crippen LogP contribution is 2.42. The van der Waals surface area contributed by atoms with Gasteiger partial charge in [-0.1, -0.05) is 45.9 Å². The second-order valence-electron chi connectivity index (χ2n) is 22.1. The number of ether oxygens (including phenoxy) is 7. The summed E-state index contributed by atoms with van der Waals surface area (Å²) in [5.74, 6) is -5.45. The van der Waals surface area contributed by atoms with E-state index >= 15 is 0 Å². The maximum atomic E-state index is 14.5. The van der Waals surface area contributed by atoms with Gasteiger partial charge >= 0.3 is 12.1 Å². The Morgan fingerprint density at radius 3 is 2.16 bits per heavy atom. The second-order valence-corrected chi connectivity index (χ2v) is 23.9. The molecule has 0 radical (unpaired) electrons. The van der Waals surface area contributed by atoms with Gasteiger partial charge < -0.3 is 53.0 Å². The zero-order valence-corrected chi connectivity index (χ0v) is 47.2. The number of likely N-dealkylation sites (N-methyl/N-ethyl adjacent to an activating group) is 1. The molecule has 77 heavy (non-hydrogen) atoms. The summed E-state index contributed by atoms with van der Waals surface area (Å²) in [6.07, 6.45) is -12.7. The molecule has 6 rings (SSSR count). The molecule has 1 aromatic heterocycles. The number of esters is 1. The molecule has 3 aromatic rings. The minimum Gasteiger partial charge on any atom is -0.459 e. The molecule has 3 aliphatic heterocycles. The fourth-order valence-electron chi connectivity index (χ4n) is 11.6. The number of rotatable bonds is 15. The number of nitrogens with one attached hydrogen (secondary N) is 1. The monoisotopic (exact) mass is 1110 g/mol. The summed E-state index contributed by atoms with van der Waals surface area (Å²) >= 11 is 0. The lowest BCUT2D eigenvalue weighted by atomic mass is 9.74. The first kappa shape index (κ1) is 62.3. The average Bonchev–Trinajstić information content (AvgIpc) is 3.72. The van der Waals surface area contributed by atoms with Crippen molar-refractivity contribution in [2.24, 2.45) is 23.7 Å². The van der Waals surface area contributed by atoms with Crippen molar-refractivity contribution in [1.82, 2.24) is 14.2 Å². The first-order valence-corrected chi connectivity index (χ1v) is 27.8. The summed E-state index contributed by atoms with van der Waals surface area (Å²) in [6.45, 7) is 16.8. The summed E-state index contributed by atoms with van der Waals surface area (Å²) in [5.41, 5.74) is -4.10. The fourth-order valence-corrected chi connectivity index (χ4v) is 12.6. The maximum absolute atomic E-state index is 14.5. The minimum atomic E-state index is -4.62. The largest absolute Gasteiger partial charge is 0.459 e. The van der Waals surface area contributed by atoms with Crippen LogP contribution in [0.5, 0.6) is 0 Å². The molecule has 0 amide bonds. The number of hydrogen-bond donors (Lipinski definition) is 4. The Morgan fingerprint density at radius 1 is 0.896 bits per heavy atom. The number of para-hydroxylation sites is 1. The van der Waals surface area contributed by atoms with Gasteiger partial charge in [0.25, 0.3) is 0 Å². The lowest BCUT2D eigenvalue weighted by molar-refractivity contribution is -0.310. The normalized spacial score (nSPS) is 36.5. The summed E-state index contributed by atoms with van der Waals surface area (Å²) < 4.78 is 115. The summed E-state index contributed by atoms with van der Waals surface area (Å²) in [5, 5.41) is 36.8. The van der Waals surface area contributed by atoms with Gasteiger partial charge in [-0.2, -0.15) is 13.2 Å². The molecule has 2 unspecified atom stereocenters. The third kappa shape index (κ3) is 13.5. The molecule has 3 aliphatic rings. The van der Waals surface area contributed by atoms with Crippen molar-refractivity contribution in [3.05, 3.63) is 65.9 Å². The molecule has 432 valence electrons. The Bertz CT molecular complexity index is 2640. The van der Waals surface area contributed by atoms with Crippen molar-refractivity contribution in [2.45, 2.75) is 197 Å². The number of ketones is 2. The first-order chi connectivity index (χ1) is 35.8. The van der Waals surface area contributed by atoms with Crippen LogP contribution >= 0.6 is 0 Å². The summed E-state index contributed by atoms with van der Waals surface area (Å²) in [4.78, 5) is 43.8. The third-order valence-electron chi connectivity index (χ3n) is 16.4. The van der Waals surface area contributed by atoms with Crippen LogP contribution in [0.25, 0.3) is 10.9 Å². The zero-order chi connectivity index (χ0) is 57.3. The lowest BCUT2D eigenvalue weighted by Gasteiger charge is -2.49. The van der Waals surface area contributed by atoms with E-state index in [1.54, 1.807) is 48.5 Å². The molecule has 3 fully saturated rings. The van der Waals surface area contributed by atoms with Crippen LogP contribution in [0.3, 0.4) is 0 Å². The number of aliphatic hydroxyl groups excluding tert-OH is 2. The van der Waals surface area contributed by atoms with Crippen LogP contribution in [0.2, 0.25) is 0 Å². The van der Waals surface area contributed by atoms with E-state index in [9.17, 15) is 51.3 Å². The number of halogens is 3. The number of aromatic nitrogens is 1. The number of fused-ring (bicyclic) bond motifs is 1. The van der Waals surface area contributed by atoms with E-state index < -0.39 is 135 Å². The van der Waals surface area contributed by atoms with Crippen LogP contribution in [-0.4, -0.2) is 157 Å². The number of Topliss-reactive ketones (excluding diaryl/α,β-unsaturated/α-hetero) is 2. The standard InChI is InChI=1S/C55H80F3N3O15S/c1-14-42-54(10,67)47(64)32(4)44(62)30(2)26-53(9,71-13)49(33(5)46(34(6)50(66)74-42)75-43-27-52(8,70-12)48(65)35(7)73-43)76-51-45(63)41(25-31(3)72-51)60(11)28-36-29-61(40-18-16-15-17-39(36)40)24-23-59-77(68,69)38-21-19-37(20-22-38)55(56,57)58/h15-22,29-35,41-43,45-47,49,51,59,63-64,67H,14,23-28H2,1-13H3/t30-,31-,32+,33+,34-,35+,41?,42-,43?,45-,46+,47-,49-,51+,52-,53-,54-/m1/s1. The number of benzene rings is 2. The number of carbonyl (C=O) groups excluding carboxylic acids is 3. The molecule has 2 aromatic carbocycles. The number of nitrogens with zero attached hydrogens (tertiary/aromatic N) is 2. The highest BCUT2D eigenvalue weighted by molar-refractivity contribution is 7.89. The van der Waals surface area contributed by atoms with E-state index in [0.29, 0.717) is 13.0 Å². The first-order valence-electron chi connectivity index (χ1n) is 26.4. The molecule has 3 saturated heterocycles. The number of alkyl halides is 3. The van der Waals surface area contributed by atoms with Crippen LogP contribution in [0.4, 0.5) is 13.2 Å². The van der Waals surface area contributed by atoms with E-state index in [0.717, 1.165) is 40.7 Å². The zero-order valence-electron chi connectivity index (χ0n) is 46.4. The van der Waals surface area contributed by atoms with Crippen LogP contribution in [0.15, 0.2) is 59.6 Å². The van der Waals surface area contributed by atoms with Gasteiger partial charge in [-0.3, -0.25) is 19.3 Å². The molecule has 18 nitrogen and oxygen atoms in total. The smallest absolute Gasteiger partial charge is 0.416 e. The van der Waals surface area contributed by atoms with Crippen molar-refractivity contribution >= 4 is 38.5 Å². The minimum absolute atomic E-state index is 0.00518. The van der Waals surface area contributed by atoms with Crippen molar-refractivity contribution in [2.75, 3.05) is 27.8 Å². The molecule has 0 saturated carbocycles. The average molecular weight is 1110 g/mol. The Kier molecular flexibility index (Phi) is 19.8. The van der Waals surface area contributed by atoms with Crippen LogP contribution in [-0.2, 0) is 76.8 Å². The number of carbonyl (C=O) groups is 3. The molecule has 4 heterocycles. The van der Waals surface area contributed by atoms with Gasteiger partial charge in [0.2, 0.25) is 10.0 Å². The van der Waals surface area contributed by atoms with Gasteiger partial charge in [0.05, 0.1) is 46.4 Å². The number of hydrogen-bond acceptors (Lipinski definition) is 16. The van der Waals surface area contributed by atoms with Gasteiger partial charge in [0, 0.05) is 81.2 Å². The van der Waals surface area contributed by atoms with E-state index in [1.165, 1.54) is 28.1 Å². The van der Waals surface area contributed by atoms with Gasteiger partial charge in [-0.25, -0.2) is 13.1 Å². The van der Waals surface area contributed by atoms with Crippen molar-refractivity contribution < 1.29 is 84.5 Å². The van der Waals surface area contributed by atoms with Crippen LogP contribution in [0.1, 0.15) is 106 Å². The Hall–Kier alpha value is -3.91. The maximum Gasteiger partial charge on any atom is 0.416 e. The van der Waals surface area contributed by atoms with Gasteiger partial charge in [0.1, 0.15) is 35.3 Å². The lowest BCUT2D eigenvalue weighted by Crippen LogP contribution is -2.61. The molecule has 0 spiro atoms. The Labute approximate surface area is 450 Å². The van der Waals surface area contributed by atoms with E-state index in [2.05, 4.69) is 4.72 Å². The van der Waals surface area contributed by atoms with Gasteiger partial charge in [-0.15, -0.1) is 0 Å². The van der Waals surface area contributed by atoms with Crippen LogP contribution < -0.4 is 4.72 Å². The molecular weight excluding hydrogens is 1030 g/mol. The number of cyclic esters (lactones) is 1. The van der Waals surface area contributed by atoms with Gasteiger partial charge in [0.15, 0.2) is 18.4 Å². The van der Waals surface area contributed by atoms with Crippen LogP contribution in [0, 0.1) is 23.7 Å². The summed E-state index contributed by atoms with van der Waals surface area (Å²) in [6, 6.07) is 10.2. The Balaban J connectivity index is 1.31. The SMILES string of the molecule is CC[C@H]1OC(=O)[C@H](C)[C@@H](OC2C[C@@](C)(OC)C(=O)[C@H](C)O2)[C@H](C)[C@@H](O[C@@H]2O[C@H](C)CC(N(C)Cc3cn(CCNS(=O)(=O)c4ccc(C(F)(F)F)cc4)c4ccccc34)[C@H]2O)[C@](C)(OC)C[C@@H](C)C(=O)[C@H](C)[C@@H](O)[C@]1(C)O. The fraction of sp³-hybridized carbons (Fsp3) is 0.691. The van der Waals surface area contributed by atoms with Gasteiger partial charge in [-0.05, 0) is 104 Å². The number of methoxy groups -OCH3 is 2. The predicted molar refractivity (Wildman–Crippen MR) is 276 cm³/mol. The van der Waals surface area contributed by atoms with E-state index in [1.807, 2.05) is 53.9 Å². The number of sulfonamides is 1. The quantitative estimate of drug-likeness (QED) is 0.125. The van der Waals surface area contributed by atoms with E-state index in [4.69, 9.17) is 33.2 Å². The predicted octanol–water partition coefficient (Wildman–Crippen LogP) is 6.17. The topological polar surface area (TPSA) is 231 Å². The molecule has 4 N–H and O–H groups in total. The molecule has 0 bridgehead atoms. The molecule has 22 heteroatoms. The summed E-state index contributed by atoms with van der Waals surface area (Å²) in [7, 11) is 0.568. The molecule has 17 atom stereocenters. The number of aliphatic hydroxyl groups is 3. The molecule has 0 aliphatic carbocycles. The van der Waals surface area contributed by atoms with E-state index in [-0.39, 0.29) is 43.0 Å². The molecular formula is C55H80F3N3O15S. The van der Waals surface area contributed by atoms with Crippen molar-refractivity contribution in [3.8, 4) is 0 Å². The highest BCUT2D eigenvalue weighted by Gasteiger charge is 2.54. The van der Waals surface area contributed by atoms with Crippen molar-refractivity contribution in [1.29, 1.82) is 0 Å². The second kappa shape index (κ2) is 24.4.